The summed E-state index contributed by atoms with van der Waals surface area (Å²) in [6.07, 6.45) is -24.2. The van der Waals surface area contributed by atoms with E-state index < -0.39 is 147 Å². The minimum absolute atomic E-state index is 0.000640. The van der Waals surface area contributed by atoms with Crippen LogP contribution in [0.1, 0.15) is 91.6 Å². The molecule has 578 valence electrons. The topological polar surface area (TPSA) is 526 Å². The molecule has 3 fully saturated rings. The highest BCUT2D eigenvalue weighted by atomic mass is 16.7. The molecule has 4 aromatic rings. The molecule has 0 aromatic heterocycles. The van der Waals surface area contributed by atoms with E-state index in [4.69, 9.17) is 57.6 Å². The number of ether oxygens (including phenoxy) is 11. The molecular weight excluding hydrogens is 1420 g/mol. The highest BCUT2D eigenvalue weighted by Crippen LogP contribution is 2.44. The molecule has 2 unspecified atom stereocenters. The van der Waals surface area contributed by atoms with Gasteiger partial charge in [-0.2, -0.15) is 0 Å². The summed E-state index contributed by atoms with van der Waals surface area (Å²) in [6.45, 7) is 8.00. The summed E-state index contributed by atoms with van der Waals surface area (Å²) >= 11 is 0. The monoisotopic (exact) mass is 1500 g/mol. The number of β-amino-alcohol motifs (C(OH)–C–C–N with tert-alkyl or cyclic N) is 1. The Bertz CT molecular complexity index is 4040. The number of nitrogens with zero attached hydrogens (tertiary/aromatic N) is 7. The van der Waals surface area contributed by atoms with Gasteiger partial charge in [-0.05, 0) is 85.2 Å². The van der Waals surface area contributed by atoms with E-state index in [-0.39, 0.29) is 138 Å². The number of unbranched alkanes of at least 4 members (excludes halogenated alkanes) is 2. The van der Waals surface area contributed by atoms with Crippen LogP contribution in [0.25, 0.3) is 10.4 Å². The molecule has 0 saturated carbocycles. The average Bonchev–Trinajstić information content (AvgIpc) is 1.63. The van der Waals surface area contributed by atoms with Crippen molar-refractivity contribution in [2.24, 2.45) is 5.11 Å². The lowest BCUT2D eigenvalue weighted by atomic mass is 9.99. The predicted octanol–water partition coefficient (Wildman–Crippen LogP) is 1.42. The van der Waals surface area contributed by atoms with E-state index >= 15 is 0 Å². The lowest BCUT2D eigenvalue weighted by Gasteiger charge is -2.38. The Morgan fingerprint density at radius 2 is 1.12 bits per heavy atom. The summed E-state index contributed by atoms with van der Waals surface area (Å²) < 4.78 is 62.4. The maximum absolute atomic E-state index is 14.5. The molecule has 4 aromatic carbocycles. The van der Waals surface area contributed by atoms with E-state index in [0.29, 0.717) is 36.8 Å². The quantitative estimate of drug-likeness (QED) is 0.0111. The van der Waals surface area contributed by atoms with Gasteiger partial charge in [0.15, 0.2) is 47.7 Å². The number of aliphatic hydroxyl groups is 8. The van der Waals surface area contributed by atoms with Crippen molar-refractivity contribution >= 4 is 59.1 Å². The molecule has 0 aliphatic carbocycles. The first-order chi connectivity index (χ1) is 51.1. The van der Waals surface area contributed by atoms with Crippen LogP contribution in [0.2, 0.25) is 0 Å². The zero-order valence-electron chi connectivity index (χ0n) is 58.4. The molecule has 0 radical (unpaired) electrons. The summed E-state index contributed by atoms with van der Waals surface area (Å²) in [6, 6.07) is 11.9. The SMILES string of the molecule is C=C(CC)CN1CC(O)N(C(=O)OCc2ccc(O[C@@H]3O[C@H](C(=O)O)[C@@H](O)[C@H](O)[C@H]3O)c(C(=O)NCCN=[N+]=[N-])c2)c2cc(OCCCCCOc3cc4c(cc3OC)C(=O)N3CC(=C)C[C@H]3C(O)N4C(=O)OCc3ccc(O[C@@H]4O[C@H](C(=O)O)[C@@H](O)[C@H](O)[C@H]4O)c(C(=O)NCCOC)c3)c(OC)cc2C1=O. The molecule has 12 N–H and O–H groups in total. The molecule has 5 heterocycles. The van der Waals surface area contributed by atoms with Crippen LogP contribution in [0.4, 0.5) is 21.0 Å². The molecule has 38 heteroatoms. The fourth-order valence-electron chi connectivity index (χ4n) is 12.1. The smallest absolute Gasteiger partial charge is 0.416 e. The van der Waals surface area contributed by atoms with Crippen molar-refractivity contribution in [3.63, 3.8) is 0 Å². The first-order valence-corrected chi connectivity index (χ1v) is 33.6. The van der Waals surface area contributed by atoms with Gasteiger partial charge in [-0.25, -0.2) is 29.0 Å². The number of fused-ring (bicyclic) bond motifs is 3. The van der Waals surface area contributed by atoms with E-state index in [2.05, 4.69) is 33.8 Å². The van der Waals surface area contributed by atoms with Gasteiger partial charge in [-0.1, -0.05) is 48.5 Å². The molecule has 38 nitrogen and oxygen atoms in total. The molecule has 6 amide bonds. The molecule has 0 spiro atoms. The molecule has 5 aliphatic heterocycles. The van der Waals surface area contributed by atoms with Crippen molar-refractivity contribution < 1.29 is 142 Å². The number of nitrogens with one attached hydrogen (secondary N) is 2. The highest BCUT2D eigenvalue weighted by Gasteiger charge is 2.51. The normalized spacial score (nSPS) is 23.9. The maximum Gasteiger partial charge on any atom is 0.416 e. The number of anilines is 2. The molecule has 3 saturated heterocycles. The highest BCUT2D eigenvalue weighted by molar-refractivity contribution is 6.07. The van der Waals surface area contributed by atoms with Gasteiger partial charge in [0.1, 0.15) is 61.3 Å². The fraction of sp³-hybridized carbons (Fsp3) is 0.478. The number of benzene rings is 4. The predicted molar refractivity (Wildman–Crippen MR) is 365 cm³/mol. The van der Waals surface area contributed by atoms with Crippen LogP contribution in [-0.4, -0.2) is 269 Å². The van der Waals surface area contributed by atoms with Crippen molar-refractivity contribution in [3.8, 4) is 34.5 Å². The molecule has 0 bridgehead atoms. The number of hydrogen-bond donors (Lipinski definition) is 12. The fourth-order valence-corrected chi connectivity index (χ4v) is 12.1. The number of azide groups is 1. The Balaban J connectivity index is 0.894. The number of amides is 6. The van der Waals surface area contributed by atoms with Gasteiger partial charge in [-0.15, -0.1) is 0 Å². The van der Waals surface area contributed by atoms with Crippen molar-refractivity contribution in [3.05, 3.63) is 129 Å². The van der Waals surface area contributed by atoms with Crippen LogP contribution in [0, 0.1) is 0 Å². The summed E-state index contributed by atoms with van der Waals surface area (Å²) in [7, 11) is 4.06. The number of rotatable bonds is 31. The minimum atomic E-state index is -2.06. The Morgan fingerprint density at radius 3 is 1.61 bits per heavy atom. The van der Waals surface area contributed by atoms with Crippen LogP contribution in [-0.2, 0) is 46.5 Å². The standard InChI is InChI=1S/C69H83N9O29/c1-7-33(2)28-75-30-50(79)77(68(95)102-31-35-11-13-44(39(22-35)59(86)71-15-16-73-74-70)104-66-55(84)51(80)53(82)57(106-66)64(91)92)41-26-48(46(98-5)24-37(41)61(75)88)100-18-9-8-10-19-101-49-27-42-38(25-47(49)99-6)62(89)76-29-34(3)21-43(76)63(90)78(42)69(96)103-32-36-12-14-45(40(23-36)60(87)72-17-20-97-4)105-67-56(85)52(81)54(83)58(107-67)65(93)94/h11-14,22-27,43,50-58,63,66-67,79-85,90H,2-3,7-10,15-21,28-32H2,1,4-6H3,(H,71,86)(H,72,87)(H,91,92)(H,93,94)/t43-,50?,51-,52-,53-,54-,55+,56+,57-,58-,63?,66+,67+/m0/s1. The first kappa shape index (κ1) is 80.5. The van der Waals surface area contributed by atoms with E-state index in [1.54, 1.807) is 0 Å². The number of hydrogen-bond acceptors (Lipinski definition) is 28. The van der Waals surface area contributed by atoms with Gasteiger partial charge < -0.3 is 124 Å². The molecular formula is C69H83N9O29. The first-order valence-electron chi connectivity index (χ1n) is 33.6. The third kappa shape index (κ3) is 18.4. The number of carboxylic acid groups (broad SMARTS) is 2. The van der Waals surface area contributed by atoms with Crippen LogP contribution >= 0.6 is 0 Å². The minimum Gasteiger partial charge on any atom is -0.493 e. The van der Waals surface area contributed by atoms with Crippen LogP contribution in [0.15, 0.2) is 90.1 Å². The second-order valence-electron chi connectivity index (χ2n) is 25.1. The van der Waals surface area contributed by atoms with Crippen LogP contribution in [0.5, 0.6) is 34.5 Å². The zero-order valence-corrected chi connectivity index (χ0v) is 58.4. The molecule has 9 rings (SSSR count). The Hall–Kier alpha value is -10.6. The Labute approximate surface area is 609 Å². The summed E-state index contributed by atoms with van der Waals surface area (Å²) in [5, 5.41) is 114. The van der Waals surface area contributed by atoms with Gasteiger partial charge in [-0.3, -0.25) is 19.2 Å². The lowest BCUT2D eigenvalue weighted by Crippen LogP contribution is -2.61. The van der Waals surface area contributed by atoms with E-state index in [1.807, 2.05) is 6.92 Å². The van der Waals surface area contributed by atoms with Crippen molar-refractivity contribution in [2.75, 3.05) is 90.2 Å². The Morgan fingerprint density at radius 1 is 0.626 bits per heavy atom. The third-order valence-electron chi connectivity index (χ3n) is 17.9. The van der Waals surface area contributed by atoms with Gasteiger partial charge in [0.25, 0.3) is 23.6 Å². The van der Waals surface area contributed by atoms with Crippen molar-refractivity contribution in [1.29, 1.82) is 0 Å². The van der Waals surface area contributed by atoms with E-state index in [1.165, 1.54) is 91.8 Å². The van der Waals surface area contributed by atoms with Crippen LogP contribution in [0.3, 0.4) is 0 Å². The molecule has 13 atom stereocenters. The van der Waals surface area contributed by atoms with Crippen molar-refractivity contribution in [1.82, 2.24) is 20.4 Å². The summed E-state index contributed by atoms with van der Waals surface area (Å²) in [5.74, 6) is -6.62. The largest absolute Gasteiger partial charge is 0.493 e. The second kappa shape index (κ2) is 36.1. The zero-order chi connectivity index (χ0) is 77.7. The number of carboxylic acids is 2. The number of aliphatic carboxylic acids is 2. The Kier molecular flexibility index (Phi) is 27.2. The third-order valence-corrected chi connectivity index (χ3v) is 17.9. The number of aliphatic hydroxyl groups excluding tert-OH is 8. The van der Waals surface area contributed by atoms with Gasteiger partial charge >= 0.3 is 24.1 Å². The number of carbonyl (C=O) groups excluding carboxylic acids is 6. The number of carbonyl (C=O) groups is 8. The summed E-state index contributed by atoms with van der Waals surface area (Å²) in [4.78, 5) is 116. The molecule has 5 aliphatic rings. The van der Waals surface area contributed by atoms with E-state index in [9.17, 15) is 89.4 Å². The average molecular weight is 1500 g/mol. The van der Waals surface area contributed by atoms with Gasteiger partial charge in [0, 0.05) is 56.9 Å². The van der Waals surface area contributed by atoms with Crippen LogP contribution < -0.4 is 48.9 Å². The van der Waals surface area contributed by atoms with Gasteiger partial charge in [0.2, 0.25) is 12.6 Å². The maximum atomic E-state index is 14.5. The summed E-state index contributed by atoms with van der Waals surface area (Å²) in [5.41, 5.74) is 9.22. The number of methoxy groups -OCH3 is 3. The van der Waals surface area contributed by atoms with E-state index in [0.717, 1.165) is 9.80 Å². The molecule has 107 heavy (non-hydrogen) atoms. The lowest BCUT2D eigenvalue weighted by molar-refractivity contribution is -0.271. The van der Waals surface area contributed by atoms with Crippen molar-refractivity contribution in [2.45, 2.75) is 132 Å². The van der Waals surface area contributed by atoms with Gasteiger partial charge in [0.05, 0.1) is 80.3 Å². The second-order valence-corrected chi connectivity index (χ2v) is 25.1.